The summed E-state index contributed by atoms with van der Waals surface area (Å²) in [6.07, 6.45) is -0.655. The Morgan fingerprint density at radius 1 is 1.37 bits per heavy atom. The maximum Gasteiger partial charge on any atom is 0.451 e. The van der Waals surface area contributed by atoms with E-state index in [0.29, 0.717) is 6.54 Å². The van der Waals surface area contributed by atoms with E-state index in [1.165, 1.54) is 6.07 Å². The summed E-state index contributed by atoms with van der Waals surface area (Å²) < 4.78 is 38.1. The number of piperidine rings is 1. The number of hydrogen-bond donors (Lipinski definition) is 1. The van der Waals surface area contributed by atoms with Crippen molar-refractivity contribution < 1.29 is 13.2 Å². The third-order valence-corrected chi connectivity index (χ3v) is 3.38. The Balaban J connectivity index is 2.35. The summed E-state index contributed by atoms with van der Waals surface area (Å²) in [4.78, 5) is 8.82. The molecule has 0 bridgehead atoms. The third-order valence-electron chi connectivity index (χ3n) is 3.38. The van der Waals surface area contributed by atoms with E-state index in [2.05, 4.69) is 9.97 Å². The molecule has 1 fully saturated rings. The summed E-state index contributed by atoms with van der Waals surface area (Å²) in [7, 11) is 0. The van der Waals surface area contributed by atoms with Crippen LogP contribution >= 0.6 is 0 Å². The van der Waals surface area contributed by atoms with Gasteiger partial charge in [-0.25, -0.2) is 9.97 Å². The van der Waals surface area contributed by atoms with Crippen LogP contribution in [0.15, 0.2) is 6.07 Å². The lowest BCUT2D eigenvalue weighted by Crippen LogP contribution is -2.40. The largest absolute Gasteiger partial charge is 0.451 e. The van der Waals surface area contributed by atoms with Gasteiger partial charge < -0.3 is 10.6 Å². The SMILES string of the molecule is CCC1CCCCN1c1cc(N)nc(C(F)(F)F)n1. The lowest BCUT2D eigenvalue weighted by molar-refractivity contribution is -0.144. The van der Waals surface area contributed by atoms with Crippen LogP contribution in [-0.2, 0) is 6.18 Å². The number of halogens is 3. The molecule has 1 aromatic heterocycles. The molecule has 2 rings (SSSR count). The Morgan fingerprint density at radius 3 is 2.74 bits per heavy atom. The van der Waals surface area contributed by atoms with Crippen molar-refractivity contribution in [2.75, 3.05) is 17.2 Å². The van der Waals surface area contributed by atoms with Gasteiger partial charge in [0, 0.05) is 18.7 Å². The standard InChI is InChI=1S/C12H17F3N4/c1-2-8-5-3-4-6-19(8)10-7-9(16)17-11(18-10)12(13,14)15/h7-8H,2-6H2,1H3,(H2,16,17,18). The van der Waals surface area contributed by atoms with Gasteiger partial charge in [0.25, 0.3) is 0 Å². The molecule has 19 heavy (non-hydrogen) atoms. The maximum absolute atomic E-state index is 12.7. The molecule has 0 aliphatic carbocycles. The van der Waals surface area contributed by atoms with Crippen LogP contribution in [0.1, 0.15) is 38.4 Å². The number of alkyl halides is 3. The van der Waals surface area contributed by atoms with Crippen molar-refractivity contribution in [3.8, 4) is 0 Å². The molecule has 0 spiro atoms. The van der Waals surface area contributed by atoms with Gasteiger partial charge in [0.05, 0.1) is 0 Å². The molecule has 1 unspecified atom stereocenters. The van der Waals surface area contributed by atoms with Crippen molar-refractivity contribution in [1.82, 2.24) is 9.97 Å². The van der Waals surface area contributed by atoms with Crippen LogP contribution in [0, 0.1) is 0 Å². The van der Waals surface area contributed by atoms with E-state index in [9.17, 15) is 13.2 Å². The van der Waals surface area contributed by atoms with Crippen LogP contribution in [0.3, 0.4) is 0 Å². The minimum atomic E-state index is -4.57. The molecule has 0 aromatic carbocycles. The van der Waals surface area contributed by atoms with Gasteiger partial charge in [-0.05, 0) is 25.7 Å². The van der Waals surface area contributed by atoms with Gasteiger partial charge in [0.15, 0.2) is 0 Å². The lowest BCUT2D eigenvalue weighted by atomic mass is 10.00. The van der Waals surface area contributed by atoms with Gasteiger partial charge >= 0.3 is 6.18 Å². The first kappa shape index (κ1) is 13.9. The van der Waals surface area contributed by atoms with Crippen LogP contribution in [0.25, 0.3) is 0 Å². The molecule has 2 N–H and O–H groups in total. The van der Waals surface area contributed by atoms with Crippen LogP contribution in [0.5, 0.6) is 0 Å². The minimum Gasteiger partial charge on any atom is -0.384 e. The predicted molar refractivity (Wildman–Crippen MR) is 66.7 cm³/mol. The number of anilines is 2. The van der Waals surface area contributed by atoms with E-state index >= 15 is 0 Å². The van der Waals surface area contributed by atoms with Gasteiger partial charge in [-0.1, -0.05) is 6.92 Å². The number of rotatable bonds is 2. The Morgan fingerprint density at radius 2 is 2.11 bits per heavy atom. The average Bonchev–Trinajstić information content (AvgIpc) is 2.37. The zero-order valence-corrected chi connectivity index (χ0v) is 10.7. The summed E-state index contributed by atoms with van der Waals surface area (Å²) in [5.74, 6) is -1.02. The molecule has 1 saturated heterocycles. The van der Waals surface area contributed by atoms with Crippen LogP contribution in [0.4, 0.5) is 24.8 Å². The summed E-state index contributed by atoms with van der Waals surface area (Å²) in [5, 5.41) is 0. The van der Waals surface area contributed by atoms with Crippen molar-refractivity contribution in [2.45, 2.75) is 44.8 Å². The number of nitrogens with zero attached hydrogens (tertiary/aromatic N) is 3. The van der Waals surface area contributed by atoms with E-state index in [1.807, 2.05) is 11.8 Å². The molecule has 7 heteroatoms. The Bertz CT molecular complexity index is 447. The highest BCUT2D eigenvalue weighted by molar-refractivity contribution is 5.48. The first-order chi connectivity index (χ1) is 8.91. The number of nitrogens with two attached hydrogens (primary N) is 1. The molecule has 0 amide bonds. The van der Waals surface area contributed by atoms with Gasteiger partial charge in [-0.2, -0.15) is 13.2 Å². The zero-order chi connectivity index (χ0) is 14.0. The zero-order valence-electron chi connectivity index (χ0n) is 10.7. The highest BCUT2D eigenvalue weighted by atomic mass is 19.4. The van der Waals surface area contributed by atoms with Gasteiger partial charge in [-0.3, -0.25) is 0 Å². The summed E-state index contributed by atoms with van der Waals surface area (Å²) in [6.45, 7) is 2.74. The first-order valence-corrected chi connectivity index (χ1v) is 6.40. The third kappa shape index (κ3) is 3.08. The number of nitrogen functional groups attached to an aromatic ring is 1. The van der Waals surface area contributed by atoms with E-state index in [0.717, 1.165) is 25.7 Å². The molecule has 1 atom stereocenters. The quantitative estimate of drug-likeness (QED) is 0.901. The minimum absolute atomic E-state index is 0.141. The Kier molecular flexibility index (Phi) is 3.82. The van der Waals surface area contributed by atoms with Gasteiger partial charge in [-0.15, -0.1) is 0 Å². The fourth-order valence-electron chi connectivity index (χ4n) is 2.45. The van der Waals surface area contributed by atoms with Crippen molar-refractivity contribution in [1.29, 1.82) is 0 Å². The van der Waals surface area contributed by atoms with E-state index in [1.54, 1.807) is 0 Å². The van der Waals surface area contributed by atoms with Crippen molar-refractivity contribution in [3.63, 3.8) is 0 Å². The monoisotopic (exact) mass is 274 g/mol. The van der Waals surface area contributed by atoms with Crippen molar-refractivity contribution in [2.24, 2.45) is 0 Å². The highest BCUT2D eigenvalue weighted by Gasteiger charge is 2.36. The summed E-state index contributed by atoms with van der Waals surface area (Å²) in [6, 6.07) is 1.65. The maximum atomic E-state index is 12.7. The van der Waals surface area contributed by atoms with E-state index < -0.39 is 12.0 Å². The van der Waals surface area contributed by atoms with E-state index in [-0.39, 0.29) is 17.7 Å². The van der Waals surface area contributed by atoms with Crippen molar-refractivity contribution in [3.05, 3.63) is 11.9 Å². The topological polar surface area (TPSA) is 55.0 Å². The molecule has 1 aromatic rings. The number of aromatic nitrogens is 2. The highest BCUT2D eigenvalue weighted by Crippen LogP contribution is 2.31. The lowest BCUT2D eigenvalue weighted by Gasteiger charge is -2.36. The average molecular weight is 274 g/mol. The fourth-order valence-corrected chi connectivity index (χ4v) is 2.45. The second kappa shape index (κ2) is 5.22. The molecule has 2 heterocycles. The molecule has 106 valence electrons. The fraction of sp³-hybridized carbons (Fsp3) is 0.667. The molecular formula is C12H17F3N4. The van der Waals surface area contributed by atoms with Crippen LogP contribution in [-0.4, -0.2) is 22.6 Å². The van der Waals surface area contributed by atoms with Crippen LogP contribution in [0.2, 0.25) is 0 Å². The van der Waals surface area contributed by atoms with E-state index in [4.69, 9.17) is 5.73 Å². The molecule has 1 aliphatic rings. The smallest absolute Gasteiger partial charge is 0.384 e. The molecule has 0 radical (unpaired) electrons. The van der Waals surface area contributed by atoms with Crippen LogP contribution < -0.4 is 10.6 Å². The molecule has 1 aliphatic heterocycles. The Labute approximate surface area is 109 Å². The normalized spacial score (nSPS) is 20.6. The summed E-state index contributed by atoms with van der Waals surface area (Å²) in [5.41, 5.74) is 5.47. The first-order valence-electron chi connectivity index (χ1n) is 6.40. The number of hydrogen-bond acceptors (Lipinski definition) is 4. The summed E-state index contributed by atoms with van der Waals surface area (Å²) >= 11 is 0. The predicted octanol–water partition coefficient (Wildman–Crippen LogP) is 2.85. The second-order valence-electron chi connectivity index (χ2n) is 4.72. The molecular weight excluding hydrogens is 257 g/mol. The van der Waals surface area contributed by atoms with Gasteiger partial charge in [0.1, 0.15) is 11.6 Å². The molecule has 4 nitrogen and oxygen atoms in total. The second-order valence-corrected chi connectivity index (χ2v) is 4.72. The van der Waals surface area contributed by atoms with Crippen molar-refractivity contribution >= 4 is 11.6 Å². The molecule has 0 saturated carbocycles. The Hall–Kier alpha value is -1.53. The van der Waals surface area contributed by atoms with Gasteiger partial charge in [0.2, 0.25) is 5.82 Å².